The van der Waals surface area contributed by atoms with Crippen LogP contribution in [0.15, 0.2) is 0 Å². The molecule has 2 unspecified atom stereocenters. The summed E-state index contributed by atoms with van der Waals surface area (Å²) in [6.07, 6.45) is 14.0. The zero-order valence-electron chi connectivity index (χ0n) is 15.9. The highest BCUT2D eigenvalue weighted by molar-refractivity contribution is 9.39. The minimum atomic E-state index is 0.156. The fourth-order valence-electron chi connectivity index (χ4n) is 1.90. The Balaban J connectivity index is 0. The molecule has 0 saturated carbocycles. The van der Waals surface area contributed by atoms with Crippen LogP contribution in [0.1, 0.15) is 92.9 Å². The van der Waals surface area contributed by atoms with Gasteiger partial charge < -0.3 is 0 Å². The number of hydrogen-bond acceptors (Lipinski definition) is 0. The van der Waals surface area contributed by atoms with Crippen molar-refractivity contribution in [2.75, 3.05) is 12.3 Å². The smallest absolute Gasteiger partial charge is 0.0168 e. The van der Waals surface area contributed by atoms with E-state index in [0.717, 1.165) is 11.3 Å². The summed E-state index contributed by atoms with van der Waals surface area (Å²) in [6.45, 7) is 14.1. The first kappa shape index (κ1) is 26.1. The Labute approximate surface area is 160 Å². The van der Waals surface area contributed by atoms with Gasteiger partial charge in [-0.05, 0) is 49.7 Å². The van der Waals surface area contributed by atoms with Crippen LogP contribution in [-0.4, -0.2) is 23.6 Å². The van der Waals surface area contributed by atoms with Gasteiger partial charge in [0.2, 0.25) is 0 Å². The lowest BCUT2D eigenvalue weighted by Gasteiger charge is -2.12. The Hall–Kier alpha value is 1.82. The van der Waals surface area contributed by atoms with Crippen molar-refractivity contribution >= 4 is 44.2 Å². The molecule has 0 radical (unpaired) electrons. The van der Waals surface area contributed by atoms with Crippen molar-refractivity contribution in [1.29, 1.82) is 0 Å². The molecule has 2 atom stereocenters. The standard InChI is InChI=1S/2C9H20BrP/c2*1-4-5-6-7-8-11(10)9(2)3/h2*9H,4-8H2,1-3H3. The Morgan fingerprint density at radius 1 is 0.591 bits per heavy atom. The molecule has 22 heavy (non-hydrogen) atoms. The SMILES string of the molecule is CCCCCCP(Br)C(C)C.CCCCCCP(Br)C(C)C. The van der Waals surface area contributed by atoms with Crippen LogP contribution in [0.4, 0.5) is 0 Å². The topological polar surface area (TPSA) is 0 Å². The van der Waals surface area contributed by atoms with Crippen molar-refractivity contribution in [1.82, 2.24) is 0 Å². The molecule has 0 saturated heterocycles. The van der Waals surface area contributed by atoms with Crippen molar-refractivity contribution in [2.45, 2.75) is 104 Å². The molecule has 0 aliphatic carbocycles. The van der Waals surface area contributed by atoms with E-state index >= 15 is 0 Å². The van der Waals surface area contributed by atoms with E-state index in [9.17, 15) is 0 Å². The maximum Gasteiger partial charge on any atom is -0.0168 e. The van der Waals surface area contributed by atoms with Crippen LogP contribution in [0.5, 0.6) is 0 Å². The molecule has 0 aromatic carbocycles. The van der Waals surface area contributed by atoms with E-state index in [4.69, 9.17) is 0 Å². The molecule has 0 aliphatic heterocycles. The van der Waals surface area contributed by atoms with Crippen LogP contribution < -0.4 is 0 Å². The first-order valence-corrected chi connectivity index (χ1v) is 16.4. The van der Waals surface area contributed by atoms with Crippen molar-refractivity contribution in [3.05, 3.63) is 0 Å². The predicted octanol–water partition coefficient (Wildman–Crippen LogP) is 9.53. The third-order valence-electron chi connectivity index (χ3n) is 3.57. The maximum atomic E-state index is 3.76. The van der Waals surface area contributed by atoms with Crippen LogP contribution in [-0.2, 0) is 0 Å². The lowest BCUT2D eigenvalue weighted by molar-refractivity contribution is 0.704. The third kappa shape index (κ3) is 19.9. The van der Waals surface area contributed by atoms with Gasteiger partial charge in [-0.3, -0.25) is 0 Å². The molecular formula is C18H40Br2P2. The first-order valence-electron chi connectivity index (χ1n) is 9.21. The monoisotopic (exact) mass is 476 g/mol. The van der Waals surface area contributed by atoms with Gasteiger partial charge in [0.15, 0.2) is 0 Å². The highest BCUT2D eigenvalue weighted by Crippen LogP contribution is 2.50. The second-order valence-electron chi connectivity index (χ2n) is 6.56. The highest BCUT2D eigenvalue weighted by Gasteiger charge is 2.07. The van der Waals surface area contributed by atoms with Gasteiger partial charge >= 0.3 is 0 Å². The van der Waals surface area contributed by atoms with E-state index in [1.54, 1.807) is 0 Å². The molecule has 0 nitrogen and oxygen atoms in total. The first-order chi connectivity index (χ1) is 10.4. The summed E-state index contributed by atoms with van der Waals surface area (Å²) in [6, 6.07) is 0. The van der Waals surface area contributed by atoms with E-state index < -0.39 is 0 Å². The molecule has 0 rings (SSSR count). The molecule has 136 valence electrons. The molecule has 0 fully saturated rings. The number of rotatable bonds is 12. The van der Waals surface area contributed by atoms with Gasteiger partial charge in [0.05, 0.1) is 0 Å². The maximum absolute atomic E-state index is 3.76. The summed E-state index contributed by atoms with van der Waals surface area (Å²) >= 11 is 7.52. The average molecular weight is 478 g/mol. The molecule has 0 aromatic rings. The molecule has 0 aromatic heterocycles. The van der Waals surface area contributed by atoms with Crippen molar-refractivity contribution in [2.24, 2.45) is 0 Å². The van der Waals surface area contributed by atoms with Gasteiger partial charge in [0, 0.05) is 0 Å². The van der Waals surface area contributed by atoms with Crippen LogP contribution in [0.2, 0.25) is 0 Å². The van der Waals surface area contributed by atoms with Gasteiger partial charge in [-0.25, -0.2) is 0 Å². The Morgan fingerprint density at radius 3 is 1.14 bits per heavy atom. The summed E-state index contributed by atoms with van der Waals surface area (Å²) < 4.78 is 0. The fourth-order valence-corrected chi connectivity index (χ4v) is 5.48. The second kappa shape index (κ2) is 19.1. The molecule has 0 N–H and O–H groups in total. The van der Waals surface area contributed by atoms with Crippen molar-refractivity contribution in [3.63, 3.8) is 0 Å². The van der Waals surface area contributed by atoms with Crippen molar-refractivity contribution in [3.8, 4) is 0 Å². The predicted molar refractivity (Wildman–Crippen MR) is 120 cm³/mol. The van der Waals surface area contributed by atoms with Crippen LogP contribution >= 0.6 is 44.2 Å². The van der Waals surface area contributed by atoms with Crippen LogP contribution in [0, 0.1) is 0 Å². The van der Waals surface area contributed by atoms with E-state index in [0.29, 0.717) is 0 Å². The Morgan fingerprint density at radius 2 is 0.909 bits per heavy atom. The molecule has 0 spiro atoms. The van der Waals surface area contributed by atoms with E-state index in [1.165, 1.54) is 63.7 Å². The molecule has 0 aliphatic rings. The third-order valence-corrected chi connectivity index (χ3v) is 14.3. The van der Waals surface area contributed by atoms with E-state index in [2.05, 4.69) is 72.5 Å². The van der Waals surface area contributed by atoms with Crippen molar-refractivity contribution < 1.29 is 0 Å². The minimum Gasteiger partial charge on any atom is -0.0654 e. The molecule has 0 bridgehead atoms. The highest BCUT2D eigenvalue weighted by atomic mass is 79.9. The summed E-state index contributed by atoms with van der Waals surface area (Å²) in [7, 11) is 0. The Kier molecular flexibility index (Phi) is 22.7. The summed E-state index contributed by atoms with van der Waals surface area (Å²) in [5.41, 5.74) is 1.71. The van der Waals surface area contributed by atoms with Crippen LogP contribution in [0.3, 0.4) is 0 Å². The van der Waals surface area contributed by atoms with Gasteiger partial charge in [-0.2, -0.15) is 0 Å². The summed E-state index contributed by atoms with van der Waals surface area (Å²) in [5, 5.41) is 0. The second-order valence-corrected chi connectivity index (χ2v) is 16.6. The average Bonchev–Trinajstić information content (AvgIpc) is 2.48. The largest absolute Gasteiger partial charge is 0.0654 e. The minimum absolute atomic E-state index is 0.156. The quantitative estimate of drug-likeness (QED) is 0.194. The van der Waals surface area contributed by atoms with Gasteiger partial charge in [0.25, 0.3) is 0 Å². The number of unbranched alkanes of at least 4 members (excludes halogenated alkanes) is 6. The zero-order valence-corrected chi connectivity index (χ0v) is 20.8. The van der Waals surface area contributed by atoms with Gasteiger partial charge in [-0.15, -0.1) is 0 Å². The van der Waals surface area contributed by atoms with Gasteiger partial charge in [-0.1, -0.05) is 111 Å². The Bertz CT molecular complexity index is 189. The van der Waals surface area contributed by atoms with Crippen LogP contribution in [0.25, 0.3) is 0 Å². The number of hydrogen-bond donors (Lipinski definition) is 0. The molecular weight excluding hydrogens is 438 g/mol. The summed E-state index contributed by atoms with van der Waals surface area (Å²) in [5.74, 6) is 0. The fraction of sp³-hybridized carbons (Fsp3) is 1.00. The lowest BCUT2D eigenvalue weighted by Crippen LogP contribution is -1.91. The summed E-state index contributed by atoms with van der Waals surface area (Å²) in [4.78, 5) is 0. The molecule has 4 heteroatoms. The molecule has 0 heterocycles. The van der Waals surface area contributed by atoms with E-state index in [-0.39, 0.29) is 13.2 Å². The zero-order chi connectivity index (χ0) is 17.4. The number of halogens is 2. The molecule has 0 amide bonds. The lowest BCUT2D eigenvalue weighted by atomic mass is 10.2. The van der Waals surface area contributed by atoms with Gasteiger partial charge in [0.1, 0.15) is 0 Å². The van der Waals surface area contributed by atoms with E-state index in [1.807, 2.05) is 0 Å². The normalized spacial score (nSPS) is 13.9.